The first-order chi connectivity index (χ1) is 18.9. The number of nitrogens with zero attached hydrogens (tertiary/aromatic N) is 2. The van der Waals surface area contributed by atoms with Gasteiger partial charge in [0.2, 0.25) is 14.9 Å². The maximum Gasteiger partial charge on any atom is 0.326 e. The predicted molar refractivity (Wildman–Crippen MR) is 145 cm³/mol. The molecule has 2 aromatic carbocycles. The molecule has 2 aromatic heterocycles. The number of carbonyl (C=O) groups is 3. The first-order valence-corrected chi connectivity index (χ1v) is 14.6. The highest BCUT2D eigenvalue weighted by atomic mass is 35.5. The second-order valence-corrected chi connectivity index (χ2v) is 12.1. The Labute approximate surface area is 238 Å². The molecule has 0 bridgehead atoms. The van der Waals surface area contributed by atoms with Gasteiger partial charge in [0.1, 0.15) is 11.8 Å². The summed E-state index contributed by atoms with van der Waals surface area (Å²) < 4.78 is 28.5. The van der Waals surface area contributed by atoms with E-state index in [0.29, 0.717) is 29.7 Å². The molecule has 3 N–H and O–H groups in total. The number of benzene rings is 2. The number of halogens is 2. The molecule has 2 amide bonds. The van der Waals surface area contributed by atoms with Crippen LogP contribution >= 0.6 is 23.2 Å². The minimum Gasteiger partial charge on any atom is -0.480 e. The molecule has 5 rings (SSSR count). The summed E-state index contributed by atoms with van der Waals surface area (Å²) in [5.74, 6) is -2.30. The van der Waals surface area contributed by atoms with Gasteiger partial charge < -0.3 is 19.7 Å². The number of furan rings is 1. The van der Waals surface area contributed by atoms with Gasteiger partial charge in [-0.2, -0.15) is 5.10 Å². The molecular formula is C26H22Cl2N4O7S. The summed E-state index contributed by atoms with van der Waals surface area (Å²) in [4.78, 5) is 39.8. The lowest BCUT2D eigenvalue weighted by atomic mass is 9.95. The summed E-state index contributed by atoms with van der Waals surface area (Å²) in [5.41, 5.74) is 2.46. The number of nitrogens with one attached hydrogen (secondary N) is 2. The Morgan fingerprint density at radius 3 is 2.67 bits per heavy atom. The van der Waals surface area contributed by atoms with Crippen LogP contribution in [0, 0.1) is 0 Å². The lowest BCUT2D eigenvalue weighted by Crippen LogP contribution is -2.42. The largest absolute Gasteiger partial charge is 0.480 e. The van der Waals surface area contributed by atoms with E-state index in [1.807, 2.05) is 6.07 Å². The van der Waals surface area contributed by atoms with Gasteiger partial charge in [-0.3, -0.25) is 14.7 Å². The van der Waals surface area contributed by atoms with E-state index in [1.54, 1.807) is 29.3 Å². The third-order valence-corrected chi connectivity index (χ3v) is 8.28. The number of hydrogen-bond acceptors (Lipinski definition) is 7. The maximum atomic E-state index is 13.2. The number of amides is 2. The average Bonchev–Trinajstić information content (AvgIpc) is 3.56. The molecule has 0 aliphatic carbocycles. The van der Waals surface area contributed by atoms with E-state index in [1.165, 1.54) is 12.1 Å². The Morgan fingerprint density at radius 1 is 1.20 bits per heavy atom. The lowest BCUT2D eigenvalue weighted by molar-refractivity contribution is -0.139. The summed E-state index contributed by atoms with van der Waals surface area (Å²) in [5, 5.41) is 19.5. The van der Waals surface area contributed by atoms with Crippen molar-refractivity contribution in [3.63, 3.8) is 0 Å². The molecule has 3 heterocycles. The van der Waals surface area contributed by atoms with Gasteiger partial charge in [-0.05, 0) is 47.9 Å². The van der Waals surface area contributed by atoms with Crippen LogP contribution in [0.25, 0.3) is 10.9 Å². The SMILES string of the molecule is CS(=O)(=O)c1ccc(C[C@H](NC(=O)c2c(Cl)cc3c(c2Cl)CCN(C(=O)c2ccc4cn[nH]c4c2)C3)C(=O)O)o1. The van der Waals surface area contributed by atoms with Crippen LogP contribution in [0.4, 0.5) is 0 Å². The molecule has 0 spiro atoms. The maximum absolute atomic E-state index is 13.2. The number of carboxylic acid groups (broad SMARTS) is 1. The molecule has 1 aliphatic heterocycles. The van der Waals surface area contributed by atoms with Crippen LogP contribution in [0.1, 0.15) is 37.6 Å². The summed E-state index contributed by atoms with van der Waals surface area (Å²) in [6.45, 7) is 0.559. The summed E-state index contributed by atoms with van der Waals surface area (Å²) >= 11 is 13.1. The Hall–Kier alpha value is -3.87. The van der Waals surface area contributed by atoms with Gasteiger partial charge in [-0.1, -0.05) is 29.3 Å². The van der Waals surface area contributed by atoms with Crippen LogP contribution in [0.15, 0.2) is 52.1 Å². The van der Waals surface area contributed by atoms with Crippen LogP contribution in [0.5, 0.6) is 0 Å². The number of aliphatic carboxylic acids is 1. The van der Waals surface area contributed by atoms with E-state index in [2.05, 4.69) is 15.5 Å². The number of H-pyrrole nitrogens is 1. The number of hydrogen-bond donors (Lipinski definition) is 3. The fourth-order valence-electron chi connectivity index (χ4n) is 4.58. The molecule has 0 saturated heterocycles. The van der Waals surface area contributed by atoms with E-state index in [4.69, 9.17) is 27.6 Å². The van der Waals surface area contributed by atoms with Crippen molar-refractivity contribution in [3.8, 4) is 0 Å². The first kappa shape index (κ1) is 27.7. The molecule has 208 valence electrons. The number of rotatable bonds is 7. The van der Waals surface area contributed by atoms with E-state index >= 15 is 0 Å². The van der Waals surface area contributed by atoms with E-state index in [0.717, 1.165) is 17.2 Å². The van der Waals surface area contributed by atoms with Gasteiger partial charge in [0.15, 0.2) is 0 Å². The molecule has 0 unspecified atom stereocenters. The van der Waals surface area contributed by atoms with Crippen molar-refractivity contribution in [2.24, 2.45) is 0 Å². The fourth-order valence-corrected chi connectivity index (χ4v) is 5.92. The molecule has 0 radical (unpaired) electrons. The van der Waals surface area contributed by atoms with Crippen LogP contribution < -0.4 is 5.32 Å². The minimum absolute atomic E-state index is 0.00377. The van der Waals surface area contributed by atoms with Gasteiger partial charge in [-0.15, -0.1) is 0 Å². The van der Waals surface area contributed by atoms with Crippen molar-refractivity contribution in [3.05, 3.63) is 80.7 Å². The Balaban J connectivity index is 1.34. The van der Waals surface area contributed by atoms with Gasteiger partial charge in [-0.25, -0.2) is 13.2 Å². The van der Waals surface area contributed by atoms with E-state index < -0.39 is 27.8 Å². The van der Waals surface area contributed by atoms with Crippen molar-refractivity contribution in [1.29, 1.82) is 0 Å². The van der Waals surface area contributed by atoms with Crippen molar-refractivity contribution in [1.82, 2.24) is 20.4 Å². The molecule has 0 saturated carbocycles. The molecule has 0 fully saturated rings. The second kappa shape index (κ2) is 10.6. The summed E-state index contributed by atoms with van der Waals surface area (Å²) in [6.07, 6.45) is 2.68. The third kappa shape index (κ3) is 5.42. The third-order valence-electron chi connectivity index (χ3n) is 6.62. The van der Waals surface area contributed by atoms with Crippen LogP contribution in [-0.4, -0.2) is 65.2 Å². The zero-order chi connectivity index (χ0) is 28.8. The summed E-state index contributed by atoms with van der Waals surface area (Å²) in [7, 11) is -3.62. The molecule has 11 nitrogen and oxygen atoms in total. The molecule has 4 aromatic rings. The van der Waals surface area contributed by atoms with Gasteiger partial charge in [0.05, 0.1) is 27.3 Å². The van der Waals surface area contributed by atoms with Crippen LogP contribution in [-0.2, 0) is 34.0 Å². The lowest BCUT2D eigenvalue weighted by Gasteiger charge is -2.30. The summed E-state index contributed by atoms with van der Waals surface area (Å²) in [6, 6.07) is 7.92. The molecule has 1 atom stereocenters. The smallest absolute Gasteiger partial charge is 0.326 e. The standard InChI is InChI=1S/C26H22Cl2N4O7S/c1-40(37,38)21-5-4-16(39-21)10-20(26(35)36)30-24(33)22-18(27)8-15-12-32(7-6-17(15)23(22)28)25(34)13-2-3-14-11-29-31-19(14)9-13/h2-5,8-9,11,20H,6-7,10,12H2,1H3,(H,29,31)(H,30,33)(H,35,36)/t20-/m0/s1. The Kier molecular flexibility index (Phi) is 7.34. The van der Waals surface area contributed by atoms with Gasteiger partial charge in [0, 0.05) is 36.7 Å². The van der Waals surface area contributed by atoms with Crippen molar-refractivity contribution in [2.75, 3.05) is 12.8 Å². The zero-order valence-corrected chi connectivity index (χ0v) is 23.2. The monoisotopic (exact) mass is 604 g/mol. The fraction of sp³-hybridized carbons (Fsp3) is 0.231. The molecule has 1 aliphatic rings. The number of fused-ring (bicyclic) bond motifs is 2. The molecular weight excluding hydrogens is 583 g/mol. The molecule has 40 heavy (non-hydrogen) atoms. The number of carboxylic acids is 1. The normalized spacial score (nSPS) is 14.1. The van der Waals surface area contributed by atoms with E-state index in [-0.39, 0.29) is 45.3 Å². The highest BCUT2D eigenvalue weighted by molar-refractivity contribution is 7.90. The topological polar surface area (TPSA) is 163 Å². The quantitative estimate of drug-likeness (QED) is 0.288. The van der Waals surface area contributed by atoms with Crippen molar-refractivity contribution >= 4 is 61.7 Å². The number of sulfone groups is 1. The number of aromatic nitrogens is 2. The minimum atomic E-state index is -3.62. The highest BCUT2D eigenvalue weighted by Gasteiger charge is 2.30. The van der Waals surface area contributed by atoms with Crippen molar-refractivity contribution < 1.29 is 32.3 Å². The van der Waals surface area contributed by atoms with E-state index in [9.17, 15) is 27.9 Å². The Bertz CT molecular complexity index is 1780. The number of carbonyl (C=O) groups excluding carboxylic acids is 2. The number of aromatic amines is 1. The highest BCUT2D eigenvalue weighted by Crippen LogP contribution is 2.35. The molecule has 14 heteroatoms. The zero-order valence-electron chi connectivity index (χ0n) is 20.9. The van der Waals surface area contributed by atoms with Crippen LogP contribution in [0.2, 0.25) is 10.0 Å². The van der Waals surface area contributed by atoms with Crippen LogP contribution in [0.3, 0.4) is 0 Å². The average molecular weight is 605 g/mol. The van der Waals surface area contributed by atoms with Gasteiger partial charge in [0.25, 0.3) is 11.8 Å². The van der Waals surface area contributed by atoms with Crippen molar-refractivity contribution in [2.45, 2.75) is 30.5 Å². The Morgan fingerprint density at radius 2 is 1.98 bits per heavy atom. The second-order valence-electron chi connectivity index (χ2n) is 9.40. The van der Waals surface area contributed by atoms with Gasteiger partial charge >= 0.3 is 5.97 Å². The predicted octanol–water partition coefficient (Wildman–Crippen LogP) is 3.49. The first-order valence-electron chi connectivity index (χ1n) is 12.0.